The summed E-state index contributed by atoms with van der Waals surface area (Å²) in [5.74, 6) is 2.45. The number of nitrogens with zero attached hydrogens (tertiary/aromatic N) is 1. The van der Waals surface area contributed by atoms with Gasteiger partial charge in [0.1, 0.15) is 0 Å². The van der Waals surface area contributed by atoms with Crippen molar-refractivity contribution in [3.8, 4) is 0 Å². The van der Waals surface area contributed by atoms with Crippen LogP contribution in [-0.4, -0.2) is 62.6 Å². The minimum absolute atomic E-state index is 0.00437. The fourth-order valence-corrected chi connectivity index (χ4v) is 3.70. The van der Waals surface area contributed by atoms with Crippen molar-refractivity contribution in [1.82, 2.24) is 9.62 Å². The lowest BCUT2D eigenvalue weighted by Crippen LogP contribution is -2.39. The van der Waals surface area contributed by atoms with E-state index in [1.165, 1.54) is 0 Å². The second-order valence-corrected chi connectivity index (χ2v) is 6.89. The van der Waals surface area contributed by atoms with Gasteiger partial charge in [0.25, 0.3) is 0 Å². The van der Waals surface area contributed by atoms with Gasteiger partial charge in [0.15, 0.2) is 0 Å². The number of rotatable bonds is 6. The number of hydrogen-bond acceptors (Lipinski definition) is 4. The molecule has 0 bridgehead atoms. The van der Waals surface area contributed by atoms with E-state index in [9.17, 15) is 8.42 Å². The van der Waals surface area contributed by atoms with Gasteiger partial charge in [-0.15, -0.1) is 11.6 Å². The number of hydrogen-bond donors (Lipinski definition) is 1. The first-order chi connectivity index (χ1) is 7.14. The van der Waals surface area contributed by atoms with Crippen LogP contribution in [0, 0.1) is 0 Å². The number of sulfonamides is 1. The topological polar surface area (TPSA) is 49.4 Å². The van der Waals surface area contributed by atoms with Gasteiger partial charge in [0.2, 0.25) is 10.0 Å². The Bertz CT molecular complexity index is 266. The molecule has 1 N–H and O–H groups in total. The maximum absolute atomic E-state index is 11.3. The molecule has 0 aliphatic carbocycles. The SMILES string of the molecule is O=S(=O)(CCCl)NCCN1CCSCC1. The van der Waals surface area contributed by atoms with Gasteiger partial charge >= 0.3 is 0 Å². The molecule has 0 radical (unpaired) electrons. The predicted octanol–water partition coefficient (Wildman–Crippen LogP) is 0.193. The molecule has 4 nitrogen and oxygen atoms in total. The van der Waals surface area contributed by atoms with Crippen LogP contribution in [0.25, 0.3) is 0 Å². The molecule has 0 atom stereocenters. The molecule has 7 heteroatoms. The van der Waals surface area contributed by atoms with Crippen LogP contribution in [0.15, 0.2) is 0 Å². The van der Waals surface area contributed by atoms with Crippen molar-refractivity contribution in [2.24, 2.45) is 0 Å². The molecule has 1 heterocycles. The molecule has 1 aliphatic heterocycles. The summed E-state index contributed by atoms with van der Waals surface area (Å²) in [5, 5.41) is 0. The molecular weight excluding hydrogens is 256 g/mol. The summed E-state index contributed by atoms with van der Waals surface area (Å²) in [7, 11) is -3.15. The highest BCUT2D eigenvalue weighted by molar-refractivity contribution is 7.99. The lowest BCUT2D eigenvalue weighted by molar-refractivity contribution is 0.307. The van der Waals surface area contributed by atoms with Crippen LogP contribution in [0.5, 0.6) is 0 Å². The summed E-state index contributed by atoms with van der Waals surface area (Å²) < 4.78 is 25.1. The normalized spacial score (nSPS) is 19.3. The third-order valence-electron chi connectivity index (χ3n) is 2.20. The van der Waals surface area contributed by atoms with Crippen LogP contribution >= 0.6 is 23.4 Å². The van der Waals surface area contributed by atoms with Gasteiger partial charge in [0.05, 0.1) is 5.75 Å². The lowest BCUT2D eigenvalue weighted by Gasteiger charge is -2.25. The Hall–Kier alpha value is 0.510. The molecule has 0 aromatic rings. The fourth-order valence-electron chi connectivity index (χ4n) is 1.36. The summed E-state index contributed by atoms with van der Waals surface area (Å²) in [4.78, 5) is 2.28. The summed E-state index contributed by atoms with van der Waals surface area (Å²) in [6, 6.07) is 0. The van der Waals surface area contributed by atoms with Gasteiger partial charge in [-0.05, 0) is 0 Å². The Balaban J connectivity index is 2.14. The number of thioether (sulfide) groups is 1. The Kier molecular flexibility index (Phi) is 6.30. The monoisotopic (exact) mass is 272 g/mol. The summed E-state index contributed by atoms with van der Waals surface area (Å²) in [5.41, 5.74) is 0. The van der Waals surface area contributed by atoms with Crippen molar-refractivity contribution in [1.29, 1.82) is 0 Å². The molecule has 0 amide bonds. The Morgan fingerprint density at radius 1 is 1.33 bits per heavy atom. The molecule has 0 unspecified atom stereocenters. The molecule has 0 aromatic heterocycles. The standard InChI is InChI=1S/C8H17ClN2O2S2/c9-1-8-15(12,13)10-2-3-11-4-6-14-7-5-11/h10H,1-8H2. The maximum Gasteiger partial charge on any atom is 0.212 e. The Morgan fingerprint density at radius 3 is 2.60 bits per heavy atom. The van der Waals surface area contributed by atoms with Crippen molar-refractivity contribution >= 4 is 33.4 Å². The quantitative estimate of drug-likeness (QED) is 0.702. The van der Waals surface area contributed by atoms with Crippen molar-refractivity contribution < 1.29 is 8.42 Å². The van der Waals surface area contributed by atoms with Crippen molar-refractivity contribution in [2.75, 3.05) is 49.3 Å². The first kappa shape index (κ1) is 13.6. The molecular formula is C8H17ClN2O2S2. The Morgan fingerprint density at radius 2 is 2.00 bits per heavy atom. The molecule has 90 valence electrons. The van der Waals surface area contributed by atoms with Crippen molar-refractivity contribution in [2.45, 2.75) is 0 Å². The smallest absolute Gasteiger partial charge is 0.212 e. The van der Waals surface area contributed by atoms with E-state index in [0.29, 0.717) is 6.54 Å². The van der Waals surface area contributed by atoms with E-state index in [4.69, 9.17) is 11.6 Å². The third-order valence-corrected chi connectivity index (χ3v) is 4.94. The Labute approximate surface area is 101 Å². The zero-order valence-corrected chi connectivity index (χ0v) is 11.0. The lowest BCUT2D eigenvalue weighted by atomic mass is 10.5. The number of halogens is 1. The highest BCUT2D eigenvalue weighted by atomic mass is 35.5. The van der Waals surface area contributed by atoms with E-state index in [2.05, 4.69) is 9.62 Å². The molecule has 1 fully saturated rings. The summed E-state index contributed by atoms with van der Waals surface area (Å²) in [6.45, 7) is 3.40. The molecule has 1 rings (SSSR count). The van der Waals surface area contributed by atoms with E-state index in [0.717, 1.165) is 31.1 Å². The van der Waals surface area contributed by atoms with Crippen LogP contribution in [0.3, 0.4) is 0 Å². The second-order valence-electron chi connectivity index (χ2n) is 3.36. The average molecular weight is 273 g/mol. The first-order valence-corrected chi connectivity index (χ1v) is 8.31. The van der Waals surface area contributed by atoms with Gasteiger partial charge < -0.3 is 4.90 Å². The third kappa shape index (κ3) is 5.97. The van der Waals surface area contributed by atoms with Gasteiger partial charge in [0, 0.05) is 43.6 Å². The average Bonchev–Trinajstić information content (AvgIpc) is 2.19. The van der Waals surface area contributed by atoms with E-state index < -0.39 is 10.0 Å². The molecule has 0 saturated carbocycles. The number of alkyl halides is 1. The minimum atomic E-state index is -3.15. The van der Waals surface area contributed by atoms with Gasteiger partial charge in [-0.2, -0.15) is 11.8 Å². The predicted molar refractivity (Wildman–Crippen MR) is 66.3 cm³/mol. The number of nitrogens with one attached hydrogen (secondary N) is 1. The van der Waals surface area contributed by atoms with E-state index in [1.54, 1.807) is 0 Å². The van der Waals surface area contributed by atoms with Crippen molar-refractivity contribution in [3.63, 3.8) is 0 Å². The van der Waals surface area contributed by atoms with Crippen LogP contribution in [-0.2, 0) is 10.0 Å². The highest BCUT2D eigenvalue weighted by Crippen LogP contribution is 2.07. The molecule has 1 saturated heterocycles. The highest BCUT2D eigenvalue weighted by Gasteiger charge is 2.12. The summed E-state index contributed by atoms with van der Waals surface area (Å²) in [6.07, 6.45) is 0. The molecule has 15 heavy (non-hydrogen) atoms. The summed E-state index contributed by atoms with van der Waals surface area (Å²) >= 11 is 7.33. The van der Waals surface area contributed by atoms with Crippen LogP contribution in [0.1, 0.15) is 0 Å². The first-order valence-electron chi connectivity index (χ1n) is 4.97. The van der Waals surface area contributed by atoms with Gasteiger partial charge in [-0.1, -0.05) is 0 Å². The van der Waals surface area contributed by atoms with Gasteiger partial charge in [-0.25, -0.2) is 13.1 Å². The zero-order chi connectivity index (χ0) is 11.1. The molecule has 1 aliphatic rings. The van der Waals surface area contributed by atoms with Crippen molar-refractivity contribution in [3.05, 3.63) is 0 Å². The van der Waals surface area contributed by atoms with Crippen LogP contribution < -0.4 is 4.72 Å². The van der Waals surface area contributed by atoms with Crippen LogP contribution in [0.2, 0.25) is 0 Å². The molecule has 0 spiro atoms. The van der Waals surface area contributed by atoms with E-state index in [1.807, 2.05) is 11.8 Å². The van der Waals surface area contributed by atoms with E-state index in [-0.39, 0.29) is 11.6 Å². The second kappa shape index (κ2) is 6.96. The van der Waals surface area contributed by atoms with E-state index >= 15 is 0 Å². The zero-order valence-electron chi connectivity index (χ0n) is 8.62. The maximum atomic E-state index is 11.3. The molecule has 0 aromatic carbocycles. The minimum Gasteiger partial charge on any atom is -0.300 e. The van der Waals surface area contributed by atoms with Gasteiger partial charge in [-0.3, -0.25) is 0 Å². The fraction of sp³-hybridized carbons (Fsp3) is 1.00. The van der Waals surface area contributed by atoms with Crippen LogP contribution in [0.4, 0.5) is 0 Å². The largest absolute Gasteiger partial charge is 0.300 e.